The van der Waals surface area contributed by atoms with Crippen LogP contribution in [0.2, 0.25) is 0 Å². The maximum Gasteiger partial charge on any atom is 0.325 e. The second-order valence-corrected chi connectivity index (χ2v) is 5.72. The van der Waals surface area contributed by atoms with E-state index in [9.17, 15) is 14.4 Å². The number of imide groups is 1. The first-order valence-electron chi connectivity index (χ1n) is 7.50. The zero-order valence-corrected chi connectivity index (χ0v) is 14.0. The molecular formula is C17H21N3O4. The molecule has 1 aromatic rings. The average Bonchev–Trinajstić information content (AvgIpc) is 2.77. The van der Waals surface area contributed by atoms with Gasteiger partial charge in [0, 0.05) is 6.54 Å². The molecule has 0 aromatic heterocycles. The number of benzene rings is 1. The quantitative estimate of drug-likeness (QED) is 0.603. The van der Waals surface area contributed by atoms with Gasteiger partial charge in [-0.3, -0.25) is 14.5 Å². The molecule has 2 rings (SSSR count). The van der Waals surface area contributed by atoms with E-state index in [1.165, 1.54) is 6.08 Å². The van der Waals surface area contributed by atoms with Gasteiger partial charge in [0.15, 0.2) is 0 Å². The SMILES string of the molecule is C=CCNC(=O)CN1C(=O)NC(C)(c2ccc(OC)c(C)c2)C1=O. The Morgan fingerprint density at radius 3 is 2.75 bits per heavy atom. The van der Waals surface area contributed by atoms with Gasteiger partial charge < -0.3 is 15.4 Å². The normalized spacial score (nSPS) is 19.9. The molecule has 1 heterocycles. The summed E-state index contributed by atoms with van der Waals surface area (Å²) in [6, 6.07) is 4.67. The van der Waals surface area contributed by atoms with Crippen molar-refractivity contribution in [3.63, 3.8) is 0 Å². The molecule has 0 spiro atoms. The highest BCUT2D eigenvalue weighted by atomic mass is 16.5. The van der Waals surface area contributed by atoms with Crippen LogP contribution in [0.3, 0.4) is 0 Å². The van der Waals surface area contributed by atoms with Gasteiger partial charge in [0.1, 0.15) is 17.8 Å². The second kappa shape index (κ2) is 6.74. The first-order chi connectivity index (χ1) is 11.3. The van der Waals surface area contributed by atoms with Crippen LogP contribution in [0.5, 0.6) is 5.75 Å². The van der Waals surface area contributed by atoms with Crippen molar-refractivity contribution in [2.24, 2.45) is 0 Å². The van der Waals surface area contributed by atoms with Crippen LogP contribution in [0.15, 0.2) is 30.9 Å². The van der Waals surface area contributed by atoms with Crippen molar-refractivity contribution in [2.75, 3.05) is 20.2 Å². The first kappa shape index (κ1) is 17.5. The molecule has 1 unspecified atom stereocenters. The summed E-state index contributed by atoms with van der Waals surface area (Å²) in [4.78, 5) is 37.6. The van der Waals surface area contributed by atoms with Crippen LogP contribution in [0.25, 0.3) is 0 Å². The van der Waals surface area contributed by atoms with E-state index in [2.05, 4.69) is 17.2 Å². The lowest BCUT2D eigenvalue weighted by molar-refractivity contribution is -0.134. The van der Waals surface area contributed by atoms with E-state index in [1.54, 1.807) is 32.2 Å². The molecule has 2 N–H and O–H groups in total. The van der Waals surface area contributed by atoms with Gasteiger partial charge >= 0.3 is 6.03 Å². The van der Waals surface area contributed by atoms with Crippen molar-refractivity contribution in [2.45, 2.75) is 19.4 Å². The maximum atomic E-state index is 12.7. The number of methoxy groups -OCH3 is 1. The predicted octanol–water partition coefficient (Wildman–Crippen LogP) is 1.07. The Morgan fingerprint density at radius 1 is 1.46 bits per heavy atom. The van der Waals surface area contributed by atoms with Gasteiger partial charge in [0.05, 0.1) is 7.11 Å². The van der Waals surface area contributed by atoms with Crippen molar-refractivity contribution in [3.05, 3.63) is 42.0 Å². The van der Waals surface area contributed by atoms with Gasteiger partial charge in [-0.15, -0.1) is 6.58 Å². The Balaban J connectivity index is 2.24. The fourth-order valence-corrected chi connectivity index (χ4v) is 2.61. The average molecular weight is 331 g/mol. The van der Waals surface area contributed by atoms with E-state index >= 15 is 0 Å². The third-order valence-corrected chi connectivity index (χ3v) is 3.99. The van der Waals surface area contributed by atoms with Gasteiger partial charge in [-0.25, -0.2) is 4.79 Å². The third kappa shape index (κ3) is 3.10. The minimum absolute atomic E-state index is 0.275. The van der Waals surface area contributed by atoms with Crippen LogP contribution < -0.4 is 15.4 Å². The lowest BCUT2D eigenvalue weighted by Gasteiger charge is -2.23. The Labute approximate surface area is 140 Å². The highest BCUT2D eigenvalue weighted by Gasteiger charge is 2.49. The van der Waals surface area contributed by atoms with Crippen molar-refractivity contribution < 1.29 is 19.1 Å². The van der Waals surface area contributed by atoms with Crippen LogP contribution in [0.4, 0.5) is 4.79 Å². The highest BCUT2D eigenvalue weighted by molar-refractivity contribution is 6.09. The molecule has 7 heteroatoms. The number of aryl methyl sites for hydroxylation is 1. The molecular weight excluding hydrogens is 310 g/mol. The fourth-order valence-electron chi connectivity index (χ4n) is 2.61. The van der Waals surface area contributed by atoms with Crippen LogP contribution in [0.1, 0.15) is 18.1 Å². The molecule has 128 valence electrons. The largest absolute Gasteiger partial charge is 0.496 e. The maximum absolute atomic E-state index is 12.7. The summed E-state index contributed by atoms with van der Waals surface area (Å²) in [6.45, 7) is 6.92. The number of hydrogen-bond acceptors (Lipinski definition) is 4. The van der Waals surface area contributed by atoms with E-state index in [0.29, 0.717) is 11.3 Å². The number of carbonyl (C=O) groups excluding carboxylic acids is 3. The molecule has 1 aliphatic rings. The Hall–Kier alpha value is -2.83. The number of carbonyl (C=O) groups is 3. The molecule has 7 nitrogen and oxygen atoms in total. The molecule has 0 saturated carbocycles. The number of amides is 4. The molecule has 1 aromatic carbocycles. The van der Waals surface area contributed by atoms with Gasteiger partial charge in [0.25, 0.3) is 5.91 Å². The standard InChI is InChI=1S/C17H21N3O4/c1-5-8-18-14(21)10-20-15(22)17(3,19-16(20)23)12-6-7-13(24-4)11(2)9-12/h5-7,9H,1,8,10H2,2-4H3,(H,18,21)(H,19,23). The van der Waals surface area contributed by atoms with Crippen molar-refractivity contribution in [1.82, 2.24) is 15.5 Å². The van der Waals surface area contributed by atoms with Gasteiger partial charge in [-0.05, 0) is 37.1 Å². The Morgan fingerprint density at radius 2 is 2.17 bits per heavy atom. The van der Waals surface area contributed by atoms with Gasteiger partial charge in [-0.1, -0.05) is 12.1 Å². The number of nitrogens with one attached hydrogen (secondary N) is 2. The topological polar surface area (TPSA) is 87.7 Å². The first-order valence-corrected chi connectivity index (χ1v) is 7.50. The molecule has 1 aliphatic heterocycles. The zero-order valence-electron chi connectivity index (χ0n) is 14.0. The Bertz CT molecular complexity index is 701. The number of urea groups is 1. The predicted molar refractivity (Wildman–Crippen MR) is 88.5 cm³/mol. The highest BCUT2D eigenvalue weighted by Crippen LogP contribution is 2.31. The third-order valence-electron chi connectivity index (χ3n) is 3.99. The van der Waals surface area contributed by atoms with E-state index in [-0.39, 0.29) is 13.1 Å². The minimum Gasteiger partial charge on any atom is -0.496 e. The summed E-state index contributed by atoms with van der Waals surface area (Å²) >= 11 is 0. The fraction of sp³-hybridized carbons (Fsp3) is 0.353. The Kier molecular flexibility index (Phi) is 4.92. The lowest BCUT2D eigenvalue weighted by Crippen LogP contribution is -2.43. The molecule has 1 saturated heterocycles. The minimum atomic E-state index is -1.22. The smallest absolute Gasteiger partial charge is 0.325 e. The zero-order chi connectivity index (χ0) is 17.9. The van der Waals surface area contributed by atoms with E-state index in [0.717, 1.165) is 10.5 Å². The second-order valence-electron chi connectivity index (χ2n) is 5.72. The number of nitrogens with zero attached hydrogens (tertiary/aromatic N) is 1. The molecule has 0 aliphatic carbocycles. The van der Waals surface area contributed by atoms with E-state index < -0.39 is 23.4 Å². The van der Waals surface area contributed by atoms with Crippen molar-refractivity contribution in [1.29, 1.82) is 0 Å². The van der Waals surface area contributed by atoms with Gasteiger partial charge in [-0.2, -0.15) is 0 Å². The molecule has 1 fully saturated rings. The van der Waals surface area contributed by atoms with Crippen LogP contribution in [0, 0.1) is 6.92 Å². The summed E-state index contributed by atoms with van der Waals surface area (Å²) in [5.74, 6) is -0.195. The van der Waals surface area contributed by atoms with E-state index in [1.807, 2.05) is 6.92 Å². The molecule has 1 atom stereocenters. The van der Waals surface area contributed by atoms with Crippen LogP contribution >= 0.6 is 0 Å². The van der Waals surface area contributed by atoms with Gasteiger partial charge in [0.2, 0.25) is 5.91 Å². The molecule has 0 radical (unpaired) electrons. The summed E-state index contributed by atoms with van der Waals surface area (Å²) < 4.78 is 5.21. The van der Waals surface area contributed by atoms with Crippen molar-refractivity contribution >= 4 is 17.8 Å². The molecule has 24 heavy (non-hydrogen) atoms. The molecule has 0 bridgehead atoms. The van der Waals surface area contributed by atoms with Crippen LogP contribution in [-0.4, -0.2) is 42.9 Å². The summed E-state index contributed by atoms with van der Waals surface area (Å²) in [7, 11) is 1.57. The number of rotatable bonds is 6. The monoisotopic (exact) mass is 331 g/mol. The summed E-state index contributed by atoms with van der Waals surface area (Å²) in [5.41, 5.74) is 0.265. The van der Waals surface area contributed by atoms with E-state index in [4.69, 9.17) is 4.74 Å². The number of ether oxygens (including phenoxy) is 1. The van der Waals surface area contributed by atoms with Crippen molar-refractivity contribution in [3.8, 4) is 5.75 Å². The summed E-state index contributed by atoms with van der Waals surface area (Å²) in [6.07, 6.45) is 1.52. The lowest BCUT2D eigenvalue weighted by atomic mass is 9.90. The van der Waals surface area contributed by atoms with Crippen LogP contribution in [-0.2, 0) is 15.1 Å². The summed E-state index contributed by atoms with van der Waals surface area (Å²) in [5, 5.41) is 5.21. The number of hydrogen-bond donors (Lipinski definition) is 2. The molecule has 4 amide bonds.